The maximum absolute atomic E-state index is 12.2. The molecule has 2 aromatic carbocycles. The minimum absolute atomic E-state index is 0.124. The van der Waals surface area contributed by atoms with E-state index in [0.717, 1.165) is 5.56 Å². The number of rotatable bonds is 6. The lowest BCUT2D eigenvalue weighted by Gasteiger charge is -2.08. The molecule has 0 saturated carbocycles. The molecule has 0 heterocycles. The van der Waals surface area contributed by atoms with Crippen LogP contribution in [0.15, 0.2) is 48.5 Å². The van der Waals surface area contributed by atoms with E-state index in [9.17, 15) is 9.59 Å². The third-order valence-corrected chi connectivity index (χ3v) is 3.27. The Morgan fingerprint density at radius 3 is 2.45 bits per heavy atom. The number of esters is 1. The summed E-state index contributed by atoms with van der Waals surface area (Å²) < 4.78 is 10.1. The zero-order valence-corrected chi connectivity index (χ0v) is 12.8. The van der Waals surface area contributed by atoms with E-state index in [1.807, 2.05) is 30.3 Å². The summed E-state index contributed by atoms with van der Waals surface area (Å²) in [6, 6.07) is 14.0. The Balaban J connectivity index is 2.05. The number of hydrogen-bond acceptors (Lipinski definition) is 4. The Morgan fingerprint density at radius 2 is 1.77 bits per heavy atom. The summed E-state index contributed by atoms with van der Waals surface area (Å²) in [5.41, 5.74) is 1.35. The molecule has 0 aliphatic rings. The summed E-state index contributed by atoms with van der Waals surface area (Å²) in [4.78, 5) is 23.9. The van der Waals surface area contributed by atoms with Gasteiger partial charge >= 0.3 is 5.97 Å². The number of carbonyl (C=O) groups excluding carboxylic acids is 2. The second kappa shape index (κ2) is 7.73. The molecule has 5 heteroatoms. The van der Waals surface area contributed by atoms with Gasteiger partial charge in [-0.25, -0.2) is 4.79 Å². The molecule has 0 N–H and O–H groups in total. The van der Waals surface area contributed by atoms with Crippen molar-refractivity contribution in [1.29, 1.82) is 0 Å². The topological polar surface area (TPSA) is 52.6 Å². The van der Waals surface area contributed by atoms with Crippen LogP contribution >= 0.6 is 11.6 Å². The predicted molar refractivity (Wildman–Crippen MR) is 83.2 cm³/mol. The van der Waals surface area contributed by atoms with Crippen LogP contribution < -0.4 is 0 Å². The van der Waals surface area contributed by atoms with Crippen molar-refractivity contribution in [2.24, 2.45) is 0 Å². The minimum Gasteiger partial charge on any atom is -0.465 e. The predicted octanol–water partition coefficient (Wildman–Crippen LogP) is 3.53. The van der Waals surface area contributed by atoms with Crippen molar-refractivity contribution < 1.29 is 19.1 Å². The first kappa shape index (κ1) is 16.2. The number of Topliss-reactive ketones (excluding diaryl/α,β-unsaturated/α-hetero) is 1. The highest BCUT2D eigenvalue weighted by Crippen LogP contribution is 2.18. The summed E-state index contributed by atoms with van der Waals surface area (Å²) >= 11 is 5.86. The summed E-state index contributed by atoms with van der Waals surface area (Å²) in [6.45, 7) is 0.203. The maximum atomic E-state index is 12.2. The zero-order valence-electron chi connectivity index (χ0n) is 12.0. The Hall–Kier alpha value is -2.17. The molecule has 0 aliphatic carbocycles. The van der Waals surface area contributed by atoms with Crippen LogP contribution in [0.5, 0.6) is 0 Å². The highest BCUT2D eigenvalue weighted by Gasteiger charge is 2.18. The lowest BCUT2D eigenvalue weighted by Crippen LogP contribution is -2.15. The summed E-state index contributed by atoms with van der Waals surface area (Å²) in [6.07, 6.45) is 0. The van der Waals surface area contributed by atoms with Gasteiger partial charge in [-0.3, -0.25) is 4.79 Å². The Labute approximate surface area is 133 Å². The smallest absolute Gasteiger partial charge is 0.338 e. The molecule has 114 valence electrons. The number of ether oxygens (including phenoxy) is 2. The normalized spacial score (nSPS) is 10.3. The van der Waals surface area contributed by atoms with Gasteiger partial charge in [0.1, 0.15) is 6.61 Å². The van der Waals surface area contributed by atoms with E-state index in [4.69, 9.17) is 16.3 Å². The molecule has 2 aromatic rings. The Kier molecular flexibility index (Phi) is 5.69. The molecule has 0 aromatic heterocycles. The van der Waals surface area contributed by atoms with E-state index in [1.54, 1.807) is 6.07 Å². The van der Waals surface area contributed by atoms with Gasteiger partial charge in [0.2, 0.25) is 0 Å². The third kappa shape index (κ3) is 4.16. The van der Waals surface area contributed by atoms with Gasteiger partial charge in [-0.1, -0.05) is 41.9 Å². The van der Waals surface area contributed by atoms with E-state index in [-0.39, 0.29) is 23.5 Å². The van der Waals surface area contributed by atoms with Gasteiger partial charge in [-0.05, 0) is 23.8 Å². The molecule has 0 amide bonds. The van der Waals surface area contributed by atoms with E-state index in [1.165, 1.54) is 19.2 Å². The van der Waals surface area contributed by atoms with Crippen molar-refractivity contribution in [2.75, 3.05) is 13.7 Å². The summed E-state index contributed by atoms with van der Waals surface area (Å²) in [7, 11) is 1.25. The van der Waals surface area contributed by atoms with Gasteiger partial charge in [0.25, 0.3) is 0 Å². The third-order valence-electron chi connectivity index (χ3n) is 3.03. The Morgan fingerprint density at radius 1 is 1.05 bits per heavy atom. The summed E-state index contributed by atoms with van der Waals surface area (Å²) in [5.74, 6) is -0.901. The molecule has 22 heavy (non-hydrogen) atoms. The average molecular weight is 319 g/mol. The van der Waals surface area contributed by atoms with Crippen LogP contribution in [0.3, 0.4) is 0 Å². The van der Waals surface area contributed by atoms with E-state index in [0.29, 0.717) is 11.6 Å². The first-order valence-corrected chi connectivity index (χ1v) is 7.02. The van der Waals surface area contributed by atoms with Crippen LogP contribution in [0.25, 0.3) is 0 Å². The molecule has 4 nitrogen and oxygen atoms in total. The average Bonchev–Trinajstić information content (AvgIpc) is 2.54. The lowest BCUT2D eigenvalue weighted by molar-refractivity contribution is 0.0590. The number of carbonyl (C=O) groups is 2. The van der Waals surface area contributed by atoms with Gasteiger partial charge < -0.3 is 9.47 Å². The number of halogens is 1. The molecule has 0 radical (unpaired) electrons. The molecule has 0 aliphatic heterocycles. The molecule has 0 bridgehead atoms. The molecule has 0 saturated heterocycles. The number of hydrogen-bond donors (Lipinski definition) is 0. The lowest BCUT2D eigenvalue weighted by atomic mass is 10.0. The van der Waals surface area contributed by atoms with Crippen LogP contribution in [-0.4, -0.2) is 25.5 Å². The van der Waals surface area contributed by atoms with Crippen LogP contribution in [0, 0.1) is 0 Å². The highest BCUT2D eigenvalue weighted by molar-refractivity contribution is 6.31. The SMILES string of the molecule is COC(=O)c1cc(Cl)ccc1C(=O)COCc1ccccc1. The fraction of sp³-hybridized carbons (Fsp3) is 0.176. The second-order valence-corrected chi connectivity index (χ2v) is 5.02. The largest absolute Gasteiger partial charge is 0.465 e. The zero-order chi connectivity index (χ0) is 15.9. The summed E-state index contributed by atoms with van der Waals surface area (Å²) in [5, 5.41) is 0.363. The highest BCUT2D eigenvalue weighted by atomic mass is 35.5. The first-order chi connectivity index (χ1) is 10.6. The van der Waals surface area contributed by atoms with Gasteiger partial charge in [-0.2, -0.15) is 0 Å². The van der Waals surface area contributed by atoms with Crippen LogP contribution in [-0.2, 0) is 16.1 Å². The molecule has 2 rings (SSSR count). The van der Waals surface area contributed by atoms with Crippen molar-refractivity contribution in [2.45, 2.75) is 6.61 Å². The second-order valence-electron chi connectivity index (χ2n) is 4.58. The fourth-order valence-electron chi connectivity index (χ4n) is 1.95. The van der Waals surface area contributed by atoms with E-state index in [2.05, 4.69) is 4.74 Å². The van der Waals surface area contributed by atoms with Crippen molar-refractivity contribution in [3.05, 3.63) is 70.2 Å². The van der Waals surface area contributed by atoms with Gasteiger partial charge in [0.05, 0.1) is 19.3 Å². The maximum Gasteiger partial charge on any atom is 0.338 e. The molecule has 0 spiro atoms. The van der Waals surface area contributed by atoms with Gasteiger partial charge in [0, 0.05) is 10.6 Å². The minimum atomic E-state index is -0.603. The molecular weight excluding hydrogens is 304 g/mol. The van der Waals surface area contributed by atoms with E-state index >= 15 is 0 Å². The quantitative estimate of drug-likeness (QED) is 0.604. The van der Waals surface area contributed by atoms with Gasteiger partial charge in [0.15, 0.2) is 5.78 Å². The first-order valence-electron chi connectivity index (χ1n) is 6.64. The number of methoxy groups -OCH3 is 1. The standard InChI is InChI=1S/C17H15ClO4/c1-21-17(20)15-9-13(18)7-8-14(15)16(19)11-22-10-12-5-3-2-4-6-12/h2-9H,10-11H2,1H3. The van der Waals surface area contributed by atoms with Crippen molar-refractivity contribution >= 4 is 23.4 Å². The number of benzene rings is 2. The van der Waals surface area contributed by atoms with Gasteiger partial charge in [-0.15, -0.1) is 0 Å². The van der Waals surface area contributed by atoms with Crippen molar-refractivity contribution in [3.63, 3.8) is 0 Å². The molecule has 0 atom stereocenters. The van der Waals surface area contributed by atoms with Crippen LogP contribution in [0.1, 0.15) is 26.3 Å². The van der Waals surface area contributed by atoms with Crippen LogP contribution in [0.4, 0.5) is 0 Å². The fourth-order valence-corrected chi connectivity index (χ4v) is 2.12. The Bertz CT molecular complexity index is 668. The molecular formula is C17H15ClO4. The van der Waals surface area contributed by atoms with E-state index < -0.39 is 5.97 Å². The molecule has 0 unspecified atom stereocenters. The molecule has 0 fully saturated rings. The van der Waals surface area contributed by atoms with Crippen molar-refractivity contribution in [3.8, 4) is 0 Å². The number of ketones is 1. The monoisotopic (exact) mass is 318 g/mol. The van der Waals surface area contributed by atoms with Crippen LogP contribution in [0.2, 0.25) is 5.02 Å². The van der Waals surface area contributed by atoms with Crippen molar-refractivity contribution in [1.82, 2.24) is 0 Å².